The van der Waals surface area contributed by atoms with Gasteiger partial charge < -0.3 is 10.6 Å². The Morgan fingerprint density at radius 3 is 2.54 bits per heavy atom. The summed E-state index contributed by atoms with van der Waals surface area (Å²) in [5.74, 6) is -0.473. The molecule has 2 aromatic rings. The zero-order valence-corrected chi connectivity index (χ0v) is 14.2. The number of amides is 2. The molecule has 0 bridgehead atoms. The van der Waals surface area contributed by atoms with Crippen molar-refractivity contribution in [3.8, 4) is 0 Å². The molecular weight excluding hydrogens is 306 g/mol. The normalized spacial score (nSPS) is 12.5. The van der Waals surface area contributed by atoms with Gasteiger partial charge in [0.25, 0.3) is 0 Å². The first kappa shape index (κ1) is 17.7. The van der Waals surface area contributed by atoms with Crippen LogP contribution in [-0.4, -0.2) is 32.1 Å². The molecule has 1 aromatic carbocycles. The molecule has 2 amide bonds. The second kappa shape index (κ2) is 7.72. The lowest BCUT2D eigenvalue weighted by Gasteiger charge is -2.28. The minimum absolute atomic E-state index is 0.184. The van der Waals surface area contributed by atoms with Crippen LogP contribution in [0.2, 0.25) is 0 Å². The van der Waals surface area contributed by atoms with Crippen molar-refractivity contribution in [1.29, 1.82) is 0 Å². The van der Waals surface area contributed by atoms with E-state index < -0.39 is 5.54 Å². The first-order valence-electron chi connectivity index (χ1n) is 7.85. The molecule has 0 saturated carbocycles. The molecule has 0 radical (unpaired) electrons. The van der Waals surface area contributed by atoms with Crippen LogP contribution in [0.25, 0.3) is 0 Å². The van der Waals surface area contributed by atoms with Crippen molar-refractivity contribution >= 4 is 11.8 Å². The molecule has 128 valence electrons. The Labute approximate surface area is 141 Å². The predicted molar refractivity (Wildman–Crippen MR) is 89.9 cm³/mol. The van der Waals surface area contributed by atoms with Gasteiger partial charge in [0.2, 0.25) is 11.8 Å². The quantitative estimate of drug-likeness (QED) is 0.804. The number of hydrogen-bond donors (Lipinski definition) is 2. The molecule has 0 aliphatic heterocycles. The van der Waals surface area contributed by atoms with Gasteiger partial charge in [0.15, 0.2) is 0 Å². The fourth-order valence-electron chi connectivity index (χ4n) is 2.45. The summed E-state index contributed by atoms with van der Waals surface area (Å²) in [5.41, 5.74) is 0.0242. The minimum Gasteiger partial charge on any atom is -0.347 e. The number of aryl methyl sites for hydroxylation is 1. The maximum absolute atomic E-state index is 12.6. The first-order chi connectivity index (χ1) is 11.4. The van der Waals surface area contributed by atoms with Crippen molar-refractivity contribution in [2.24, 2.45) is 0 Å². The van der Waals surface area contributed by atoms with E-state index in [1.54, 1.807) is 24.9 Å². The summed E-state index contributed by atoms with van der Waals surface area (Å²) in [4.78, 5) is 27.8. The smallest absolute Gasteiger partial charge is 0.245 e. The summed E-state index contributed by atoms with van der Waals surface area (Å²) < 4.78 is 1.72. The summed E-state index contributed by atoms with van der Waals surface area (Å²) in [6.07, 6.45) is 3.79. The topological polar surface area (TPSA) is 88.9 Å². The summed E-state index contributed by atoms with van der Waals surface area (Å²) in [5, 5.41) is 9.78. The summed E-state index contributed by atoms with van der Waals surface area (Å²) in [6, 6.07) is 9.55. The van der Waals surface area contributed by atoms with Gasteiger partial charge in [-0.25, -0.2) is 4.98 Å². The lowest BCUT2D eigenvalue weighted by atomic mass is 9.99. The van der Waals surface area contributed by atoms with Crippen LogP contribution >= 0.6 is 0 Å². The van der Waals surface area contributed by atoms with E-state index >= 15 is 0 Å². The highest BCUT2D eigenvalue weighted by atomic mass is 16.2. The Morgan fingerprint density at radius 1 is 1.25 bits per heavy atom. The van der Waals surface area contributed by atoms with Gasteiger partial charge in [-0.3, -0.25) is 14.3 Å². The van der Waals surface area contributed by atoms with E-state index in [0.717, 1.165) is 5.56 Å². The summed E-state index contributed by atoms with van der Waals surface area (Å²) in [6.45, 7) is 5.39. The molecule has 0 aliphatic rings. The number of benzene rings is 1. The number of hydrogen-bond acceptors (Lipinski definition) is 4. The molecule has 0 spiro atoms. The van der Waals surface area contributed by atoms with E-state index in [9.17, 15) is 9.59 Å². The first-order valence-corrected chi connectivity index (χ1v) is 7.85. The molecule has 0 aliphatic carbocycles. The third-order valence-electron chi connectivity index (χ3n) is 3.68. The number of rotatable bonds is 7. The van der Waals surface area contributed by atoms with Gasteiger partial charge >= 0.3 is 0 Å². The molecule has 1 heterocycles. The maximum Gasteiger partial charge on any atom is 0.245 e. The molecule has 1 atom stereocenters. The van der Waals surface area contributed by atoms with Crippen LogP contribution < -0.4 is 10.6 Å². The molecule has 2 N–H and O–H groups in total. The van der Waals surface area contributed by atoms with Gasteiger partial charge in [0.05, 0.1) is 6.04 Å². The van der Waals surface area contributed by atoms with Crippen molar-refractivity contribution in [2.45, 2.75) is 45.3 Å². The molecular formula is C17H23N5O2. The second-order valence-corrected chi connectivity index (χ2v) is 6.19. The van der Waals surface area contributed by atoms with Gasteiger partial charge in [-0.1, -0.05) is 30.3 Å². The van der Waals surface area contributed by atoms with Gasteiger partial charge in [-0.2, -0.15) is 5.10 Å². The Hall–Kier alpha value is -2.70. The van der Waals surface area contributed by atoms with Crippen LogP contribution in [0.1, 0.15) is 38.8 Å². The van der Waals surface area contributed by atoms with Crippen molar-refractivity contribution in [3.05, 3.63) is 48.5 Å². The van der Waals surface area contributed by atoms with E-state index in [-0.39, 0.29) is 17.9 Å². The van der Waals surface area contributed by atoms with E-state index in [1.807, 2.05) is 30.3 Å². The molecule has 24 heavy (non-hydrogen) atoms. The van der Waals surface area contributed by atoms with Gasteiger partial charge in [-0.15, -0.1) is 0 Å². The number of carbonyl (C=O) groups is 2. The SMILES string of the molecule is CC(=O)NC(C)(C)C(=O)N[C@@H](CCn1cncn1)c1ccccc1. The Balaban J connectivity index is 2.10. The number of nitrogens with zero attached hydrogens (tertiary/aromatic N) is 3. The number of aromatic nitrogens is 3. The molecule has 7 heteroatoms. The molecule has 1 aromatic heterocycles. The highest BCUT2D eigenvalue weighted by Gasteiger charge is 2.30. The monoisotopic (exact) mass is 329 g/mol. The summed E-state index contributed by atoms with van der Waals surface area (Å²) in [7, 11) is 0. The molecule has 2 rings (SSSR count). The second-order valence-electron chi connectivity index (χ2n) is 6.19. The fourth-order valence-corrected chi connectivity index (χ4v) is 2.45. The number of nitrogens with one attached hydrogen (secondary N) is 2. The van der Waals surface area contributed by atoms with Gasteiger partial charge in [-0.05, 0) is 25.8 Å². The van der Waals surface area contributed by atoms with Crippen LogP contribution in [0.5, 0.6) is 0 Å². The van der Waals surface area contributed by atoms with E-state index in [1.165, 1.54) is 13.3 Å². The van der Waals surface area contributed by atoms with Crippen LogP contribution in [0, 0.1) is 0 Å². The minimum atomic E-state index is -0.980. The van der Waals surface area contributed by atoms with Crippen LogP contribution in [0.15, 0.2) is 43.0 Å². The lowest BCUT2D eigenvalue weighted by molar-refractivity contribution is -0.132. The predicted octanol–water partition coefficient (Wildman–Crippen LogP) is 1.44. The third-order valence-corrected chi connectivity index (χ3v) is 3.68. The molecule has 0 unspecified atom stereocenters. The fraction of sp³-hybridized carbons (Fsp3) is 0.412. The van der Waals surface area contributed by atoms with Crippen molar-refractivity contribution in [1.82, 2.24) is 25.4 Å². The largest absolute Gasteiger partial charge is 0.347 e. The van der Waals surface area contributed by atoms with Crippen molar-refractivity contribution < 1.29 is 9.59 Å². The van der Waals surface area contributed by atoms with E-state index in [2.05, 4.69) is 20.7 Å². The zero-order valence-electron chi connectivity index (χ0n) is 14.2. The van der Waals surface area contributed by atoms with Gasteiger partial charge in [0, 0.05) is 13.5 Å². The van der Waals surface area contributed by atoms with E-state index in [4.69, 9.17) is 0 Å². The molecule has 0 saturated heterocycles. The van der Waals surface area contributed by atoms with E-state index in [0.29, 0.717) is 13.0 Å². The Bertz CT molecular complexity index is 668. The maximum atomic E-state index is 12.6. The lowest BCUT2D eigenvalue weighted by Crippen LogP contribution is -2.54. The third kappa shape index (κ3) is 4.91. The molecule has 0 fully saturated rings. The average Bonchev–Trinajstić information content (AvgIpc) is 3.04. The standard InChI is InChI=1S/C17H23N5O2/c1-13(23)21-17(2,3)16(24)20-15(14-7-5-4-6-8-14)9-10-22-12-18-11-19-22/h4-8,11-12,15H,9-10H2,1-3H3,(H,20,24)(H,21,23)/t15-/m0/s1. The molecule has 7 nitrogen and oxygen atoms in total. The zero-order chi connectivity index (χ0) is 17.6. The Kier molecular flexibility index (Phi) is 5.68. The highest BCUT2D eigenvalue weighted by Crippen LogP contribution is 2.18. The Morgan fingerprint density at radius 2 is 1.96 bits per heavy atom. The van der Waals surface area contributed by atoms with Crippen molar-refractivity contribution in [2.75, 3.05) is 0 Å². The summed E-state index contributed by atoms with van der Waals surface area (Å²) >= 11 is 0. The van der Waals surface area contributed by atoms with Crippen LogP contribution in [0.4, 0.5) is 0 Å². The average molecular weight is 329 g/mol. The van der Waals surface area contributed by atoms with Gasteiger partial charge in [0.1, 0.15) is 18.2 Å². The highest BCUT2D eigenvalue weighted by molar-refractivity contribution is 5.90. The van der Waals surface area contributed by atoms with Crippen LogP contribution in [-0.2, 0) is 16.1 Å². The van der Waals surface area contributed by atoms with Crippen LogP contribution in [0.3, 0.4) is 0 Å². The van der Waals surface area contributed by atoms with Crippen molar-refractivity contribution in [3.63, 3.8) is 0 Å². The number of carbonyl (C=O) groups excluding carboxylic acids is 2.